The average molecular weight is 158 g/mol. The molecule has 4 heteroatoms. The topological polar surface area (TPSA) is 9.23 Å². The van der Waals surface area contributed by atoms with E-state index in [2.05, 4.69) is 18.3 Å². The highest BCUT2D eigenvalue weighted by atomic mass is 29.4. The Morgan fingerprint density at radius 1 is 1.75 bits per heavy atom. The molecule has 0 amide bonds. The molecule has 0 aliphatic carbocycles. The predicted octanol–water partition coefficient (Wildman–Crippen LogP) is -0.902. The van der Waals surface area contributed by atoms with Gasteiger partial charge in [0.2, 0.25) is 0 Å². The number of hydrogen-bond acceptors (Lipinski definition) is 1. The Hall–Kier alpha value is 0.351. The molecule has 1 aliphatic rings. The van der Waals surface area contributed by atoms with Crippen molar-refractivity contribution < 1.29 is 4.43 Å². The molecular formula is C4H10OSi3. The smallest absolute Gasteiger partial charge is 0.197 e. The Labute approximate surface area is 55.2 Å². The third kappa shape index (κ3) is 1.70. The minimum Gasteiger partial charge on any atom is -0.417 e. The van der Waals surface area contributed by atoms with Gasteiger partial charge < -0.3 is 4.43 Å². The summed E-state index contributed by atoms with van der Waals surface area (Å²) in [6.07, 6.45) is 0. The van der Waals surface area contributed by atoms with Crippen LogP contribution < -0.4 is 0 Å². The van der Waals surface area contributed by atoms with Crippen molar-refractivity contribution in [2.24, 2.45) is 0 Å². The molecule has 0 radical (unpaired) electrons. The standard InChI is InChI=1S/C4H10OSi3/c1-2-5-8-4-3-6-7-8/h3-4,6-8H,2H2,1H3. The highest BCUT2D eigenvalue weighted by Gasteiger charge is 2.02. The fraction of sp³-hybridized carbons (Fsp3) is 0.500. The lowest BCUT2D eigenvalue weighted by Gasteiger charge is -2.00. The van der Waals surface area contributed by atoms with E-state index < -0.39 is 8.56 Å². The third-order valence-electron chi connectivity index (χ3n) is 1.07. The second-order valence-corrected chi connectivity index (χ2v) is 12.2. The van der Waals surface area contributed by atoms with Crippen LogP contribution in [0.2, 0.25) is 0 Å². The molecule has 0 aromatic rings. The van der Waals surface area contributed by atoms with E-state index >= 15 is 0 Å². The van der Waals surface area contributed by atoms with Crippen LogP contribution in [-0.2, 0) is 4.43 Å². The molecule has 1 aliphatic heterocycles. The van der Waals surface area contributed by atoms with Gasteiger partial charge in [-0.25, -0.2) is 0 Å². The van der Waals surface area contributed by atoms with E-state index in [4.69, 9.17) is 4.43 Å². The normalized spacial score (nSPS) is 24.9. The van der Waals surface area contributed by atoms with Crippen LogP contribution in [0.3, 0.4) is 0 Å². The van der Waals surface area contributed by atoms with Gasteiger partial charge >= 0.3 is 0 Å². The lowest BCUT2D eigenvalue weighted by molar-refractivity contribution is 0.361. The fourth-order valence-corrected chi connectivity index (χ4v) is 13.1. The first-order valence-corrected chi connectivity index (χ1v) is 10.0. The maximum absolute atomic E-state index is 5.51. The van der Waals surface area contributed by atoms with Crippen molar-refractivity contribution in [3.8, 4) is 0 Å². The second kappa shape index (κ2) is 3.39. The van der Waals surface area contributed by atoms with Crippen molar-refractivity contribution in [3.05, 3.63) is 11.4 Å². The fourth-order valence-electron chi connectivity index (χ4n) is 0.715. The zero-order valence-corrected chi connectivity index (χ0v) is 8.47. The maximum atomic E-state index is 5.51. The Kier molecular flexibility index (Phi) is 2.74. The minimum absolute atomic E-state index is 0.641. The van der Waals surface area contributed by atoms with Gasteiger partial charge in [0.1, 0.15) is 0 Å². The first kappa shape index (κ1) is 6.47. The Balaban J connectivity index is 2.27. The summed E-state index contributed by atoms with van der Waals surface area (Å²) in [5.41, 5.74) is 4.72. The largest absolute Gasteiger partial charge is 0.417 e. The highest BCUT2D eigenvalue weighted by molar-refractivity contribution is 7.22. The van der Waals surface area contributed by atoms with Crippen LogP contribution in [0.25, 0.3) is 0 Å². The molecule has 1 nitrogen and oxygen atoms in total. The summed E-state index contributed by atoms with van der Waals surface area (Å²) >= 11 is 0. The molecule has 1 unspecified atom stereocenters. The van der Waals surface area contributed by atoms with E-state index in [1.165, 1.54) is 0 Å². The van der Waals surface area contributed by atoms with Crippen LogP contribution in [0.1, 0.15) is 6.92 Å². The second-order valence-electron chi connectivity index (χ2n) is 1.69. The quantitative estimate of drug-likeness (QED) is 0.473. The highest BCUT2D eigenvalue weighted by Crippen LogP contribution is 1.86. The van der Waals surface area contributed by atoms with E-state index in [1.54, 1.807) is 0 Å². The molecule has 1 heterocycles. The van der Waals surface area contributed by atoms with Gasteiger partial charge in [-0.3, -0.25) is 0 Å². The van der Waals surface area contributed by atoms with Crippen molar-refractivity contribution in [3.63, 3.8) is 0 Å². The van der Waals surface area contributed by atoms with E-state index in [1.807, 2.05) is 0 Å². The predicted molar refractivity (Wildman–Crippen MR) is 42.2 cm³/mol. The van der Waals surface area contributed by atoms with Crippen molar-refractivity contribution in [1.29, 1.82) is 0 Å². The monoisotopic (exact) mass is 158 g/mol. The van der Waals surface area contributed by atoms with Crippen molar-refractivity contribution in [1.82, 2.24) is 0 Å². The summed E-state index contributed by atoms with van der Waals surface area (Å²) in [5, 5.41) is 0. The zero-order valence-electron chi connectivity index (χ0n) is 5.00. The van der Waals surface area contributed by atoms with Crippen LogP contribution in [0.15, 0.2) is 11.4 Å². The first-order chi connectivity index (χ1) is 3.93. The lowest BCUT2D eigenvalue weighted by atomic mass is 10.9. The minimum atomic E-state index is -0.641. The summed E-state index contributed by atoms with van der Waals surface area (Å²) in [6, 6.07) is 0. The molecule has 0 aromatic carbocycles. The molecule has 0 aromatic heterocycles. The SMILES string of the molecule is CCO[SiH]1C=C[SiH]=[SiH]1. The summed E-state index contributed by atoms with van der Waals surface area (Å²) in [7, 11) is 0.851. The van der Waals surface area contributed by atoms with Crippen molar-refractivity contribution in [2.45, 2.75) is 6.92 Å². The Morgan fingerprint density at radius 2 is 2.62 bits per heavy atom. The van der Waals surface area contributed by atoms with Gasteiger partial charge in [-0.15, -0.1) is 0 Å². The Morgan fingerprint density at radius 3 is 3.12 bits per heavy atom. The molecule has 0 saturated heterocycles. The lowest BCUT2D eigenvalue weighted by Crippen LogP contribution is -2.17. The summed E-state index contributed by atoms with van der Waals surface area (Å²) in [6.45, 7) is 3.03. The van der Waals surface area contributed by atoms with Crippen LogP contribution in [0.4, 0.5) is 0 Å². The zero-order chi connectivity index (χ0) is 5.82. The molecule has 1 atom stereocenters. The molecule has 0 saturated carbocycles. The number of hydrogen-bond donors (Lipinski definition) is 0. The van der Waals surface area contributed by atoms with Gasteiger partial charge in [0, 0.05) is 6.61 Å². The van der Waals surface area contributed by atoms with Gasteiger partial charge in [0.15, 0.2) is 8.56 Å². The van der Waals surface area contributed by atoms with Crippen molar-refractivity contribution >= 4 is 25.3 Å². The van der Waals surface area contributed by atoms with E-state index in [-0.39, 0.29) is 0 Å². The summed E-state index contributed by atoms with van der Waals surface area (Å²) in [5.74, 6) is 0. The third-order valence-corrected chi connectivity index (χ3v) is 13.0. The van der Waals surface area contributed by atoms with E-state index in [9.17, 15) is 0 Å². The van der Waals surface area contributed by atoms with Gasteiger partial charge in [0.25, 0.3) is 0 Å². The summed E-state index contributed by atoms with van der Waals surface area (Å²) in [4.78, 5) is 0. The van der Waals surface area contributed by atoms with Gasteiger partial charge in [-0.1, -0.05) is 11.4 Å². The summed E-state index contributed by atoms with van der Waals surface area (Å²) < 4.78 is 5.51. The molecule has 0 N–H and O–H groups in total. The molecule has 0 bridgehead atoms. The molecule has 0 spiro atoms. The first-order valence-electron chi connectivity index (χ1n) is 2.90. The molecule has 0 fully saturated rings. The average Bonchev–Trinajstić information content (AvgIpc) is 2.19. The molecule has 8 heavy (non-hydrogen) atoms. The van der Waals surface area contributed by atoms with Gasteiger partial charge in [0.05, 0.1) is 0 Å². The number of rotatable bonds is 2. The Bertz CT molecular complexity index is 108. The van der Waals surface area contributed by atoms with Gasteiger partial charge in [-0.05, 0) is 23.7 Å². The van der Waals surface area contributed by atoms with Gasteiger partial charge in [-0.2, -0.15) is 0 Å². The van der Waals surface area contributed by atoms with Crippen LogP contribution >= 0.6 is 0 Å². The van der Waals surface area contributed by atoms with Crippen LogP contribution in [-0.4, -0.2) is 31.9 Å². The molecule has 1 rings (SSSR count). The van der Waals surface area contributed by atoms with E-state index in [0.717, 1.165) is 23.4 Å². The van der Waals surface area contributed by atoms with Crippen molar-refractivity contribution in [2.75, 3.05) is 6.61 Å². The van der Waals surface area contributed by atoms with Crippen LogP contribution in [0.5, 0.6) is 0 Å². The van der Waals surface area contributed by atoms with Crippen LogP contribution in [0, 0.1) is 0 Å². The van der Waals surface area contributed by atoms with E-state index in [0.29, 0.717) is 0 Å². The maximum Gasteiger partial charge on any atom is 0.197 e. The molecule has 44 valence electrons. The molecular weight excluding hydrogens is 148 g/mol.